The van der Waals surface area contributed by atoms with E-state index in [-0.39, 0.29) is 0 Å². The predicted octanol–water partition coefficient (Wildman–Crippen LogP) is 6.29. The van der Waals surface area contributed by atoms with E-state index in [4.69, 9.17) is 9.40 Å². The zero-order valence-electron chi connectivity index (χ0n) is 14.8. The summed E-state index contributed by atoms with van der Waals surface area (Å²) in [4.78, 5) is 4.75. The molecule has 3 heterocycles. The molecule has 128 valence electrons. The van der Waals surface area contributed by atoms with Crippen LogP contribution in [0.4, 0.5) is 0 Å². The van der Waals surface area contributed by atoms with E-state index in [1.807, 2.05) is 24.4 Å². The minimum atomic E-state index is 0.887. The molecule has 3 nitrogen and oxygen atoms in total. The molecule has 27 heavy (non-hydrogen) atoms. The highest BCUT2D eigenvalue weighted by atomic mass is 16.3. The first-order valence-corrected chi connectivity index (χ1v) is 9.04. The number of fused-ring (bicyclic) bond motifs is 6. The van der Waals surface area contributed by atoms with Crippen LogP contribution in [0.15, 0.2) is 83.6 Å². The average molecular weight is 348 g/mol. The summed E-state index contributed by atoms with van der Waals surface area (Å²) >= 11 is 0. The molecule has 6 aromatic rings. The third-order valence-electron chi connectivity index (χ3n) is 5.53. The monoisotopic (exact) mass is 348 g/mol. The van der Waals surface area contributed by atoms with E-state index in [9.17, 15) is 0 Å². The summed E-state index contributed by atoms with van der Waals surface area (Å²) in [5, 5.41) is 6.08. The maximum absolute atomic E-state index is 5.72. The number of aryl methyl sites for hydroxylation is 1. The largest absolute Gasteiger partial charge is 0.464 e. The van der Waals surface area contributed by atoms with Gasteiger partial charge in [-0.3, -0.25) is 4.98 Å². The molecule has 3 aromatic heterocycles. The fraction of sp³-hybridized carbons (Fsp3) is 0.0417. The number of aromatic nitrogens is 2. The molecule has 0 radical (unpaired) electrons. The van der Waals surface area contributed by atoms with Crippen molar-refractivity contribution in [2.24, 2.45) is 7.05 Å². The summed E-state index contributed by atoms with van der Waals surface area (Å²) in [6, 6.07) is 23.2. The van der Waals surface area contributed by atoms with E-state index in [0.29, 0.717) is 0 Å². The molecule has 6 rings (SSSR count). The molecule has 0 spiro atoms. The van der Waals surface area contributed by atoms with Crippen molar-refractivity contribution in [1.29, 1.82) is 0 Å². The Morgan fingerprint density at radius 2 is 1.63 bits per heavy atom. The van der Waals surface area contributed by atoms with Gasteiger partial charge in [-0.05, 0) is 17.5 Å². The van der Waals surface area contributed by atoms with Gasteiger partial charge in [0.1, 0.15) is 11.8 Å². The van der Waals surface area contributed by atoms with Gasteiger partial charge >= 0.3 is 0 Å². The standard InChI is InChI=1S/C24H16N2O/c1-26-22-13-25-21(20-14-27-23-9-5-4-8-17(20)23)12-19(22)18-11-10-15-6-2-3-7-16(15)24(18)26/h2-14H,1H3. The molecule has 0 saturated heterocycles. The van der Waals surface area contributed by atoms with E-state index in [1.165, 1.54) is 27.1 Å². The maximum atomic E-state index is 5.72. The smallest absolute Gasteiger partial charge is 0.134 e. The molecule has 0 saturated carbocycles. The summed E-state index contributed by atoms with van der Waals surface area (Å²) in [6.45, 7) is 0. The van der Waals surface area contributed by atoms with Crippen LogP contribution in [0.25, 0.3) is 54.8 Å². The molecule has 0 fully saturated rings. The molecule has 0 amide bonds. The van der Waals surface area contributed by atoms with E-state index in [0.717, 1.165) is 27.7 Å². The van der Waals surface area contributed by atoms with Crippen LogP contribution in [0.1, 0.15) is 0 Å². The average Bonchev–Trinajstić information content (AvgIpc) is 3.27. The van der Waals surface area contributed by atoms with Crippen LogP contribution in [0.2, 0.25) is 0 Å². The van der Waals surface area contributed by atoms with E-state index < -0.39 is 0 Å². The Bertz CT molecular complexity index is 1490. The molecule has 0 unspecified atom stereocenters. The van der Waals surface area contributed by atoms with Crippen molar-refractivity contribution < 1.29 is 4.42 Å². The molecule has 3 aromatic carbocycles. The number of nitrogens with zero attached hydrogens (tertiary/aromatic N) is 2. The molecular weight excluding hydrogens is 332 g/mol. The van der Waals surface area contributed by atoms with Gasteiger partial charge in [-0.2, -0.15) is 0 Å². The summed E-state index contributed by atoms with van der Waals surface area (Å²) in [6.07, 6.45) is 3.78. The second-order valence-electron chi connectivity index (χ2n) is 6.97. The molecule has 0 bridgehead atoms. The van der Waals surface area contributed by atoms with Crippen LogP contribution < -0.4 is 0 Å². The lowest BCUT2D eigenvalue weighted by Crippen LogP contribution is -1.89. The first kappa shape index (κ1) is 14.6. The van der Waals surface area contributed by atoms with Crippen LogP contribution in [-0.4, -0.2) is 9.55 Å². The lowest BCUT2D eigenvalue weighted by atomic mass is 10.0. The number of furan rings is 1. The molecule has 3 heteroatoms. The quantitative estimate of drug-likeness (QED) is 0.349. The van der Waals surface area contributed by atoms with E-state index >= 15 is 0 Å². The number of benzene rings is 3. The van der Waals surface area contributed by atoms with Gasteiger partial charge in [0.05, 0.1) is 22.9 Å². The molecule has 0 aliphatic heterocycles. The first-order chi connectivity index (χ1) is 13.3. The third-order valence-corrected chi connectivity index (χ3v) is 5.53. The van der Waals surface area contributed by atoms with Crippen molar-refractivity contribution in [1.82, 2.24) is 9.55 Å². The third kappa shape index (κ3) is 1.94. The lowest BCUT2D eigenvalue weighted by molar-refractivity contribution is 0.617. The Kier molecular flexibility index (Phi) is 2.81. The Morgan fingerprint density at radius 3 is 2.56 bits per heavy atom. The summed E-state index contributed by atoms with van der Waals surface area (Å²) in [5.41, 5.74) is 5.24. The highest BCUT2D eigenvalue weighted by Crippen LogP contribution is 2.36. The minimum Gasteiger partial charge on any atom is -0.464 e. The van der Waals surface area contributed by atoms with Crippen LogP contribution >= 0.6 is 0 Å². The Balaban J connectivity index is 1.71. The van der Waals surface area contributed by atoms with Crippen LogP contribution in [0, 0.1) is 0 Å². The summed E-state index contributed by atoms with van der Waals surface area (Å²) in [7, 11) is 2.12. The second kappa shape index (κ2) is 5.21. The Morgan fingerprint density at radius 1 is 0.815 bits per heavy atom. The minimum absolute atomic E-state index is 0.887. The Hall–Kier alpha value is -3.59. The van der Waals surface area contributed by atoms with Gasteiger partial charge in [-0.15, -0.1) is 0 Å². The van der Waals surface area contributed by atoms with E-state index in [2.05, 4.69) is 60.1 Å². The normalized spacial score (nSPS) is 11.9. The number of para-hydroxylation sites is 1. The summed E-state index contributed by atoms with van der Waals surface area (Å²) in [5.74, 6) is 0. The number of hydrogen-bond donors (Lipinski definition) is 0. The molecule has 0 aliphatic carbocycles. The highest BCUT2D eigenvalue weighted by Gasteiger charge is 2.15. The second-order valence-corrected chi connectivity index (χ2v) is 6.97. The summed E-state index contributed by atoms with van der Waals surface area (Å²) < 4.78 is 7.97. The highest BCUT2D eigenvalue weighted by molar-refractivity contribution is 6.18. The van der Waals surface area contributed by atoms with Crippen LogP contribution in [-0.2, 0) is 7.05 Å². The SMILES string of the molecule is Cn1c2cnc(-c3coc4ccccc34)cc2c2ccc3ccccc3c21. The zero-order chi connectivity index (χ0) is 18.0. The van der Waals surface area contributed by atoms with Crippen molar-refractivity contribution in [3.63, 3.8) is 0 Å². The molecule has 0 atom stereocenters. The van der Waals surface area contributed by atoms with Crippen molar-refractivity contribution >= 4 is 43.5 Å². The number of rotatable bonds is 1. The van der Waals surface area contributed by atoms with Gasteiger partial charge < -0.3 is 8.98 Å². The number of pyridine rings is 1. The maximum Gasteiger partial charge on any atom is 0.134 e. The fourth-order valence-corrected chi connectivity index (χ4v) is 4.21. The van der Waals surface area contributed by atoms with Crippen molar-refractivity contribution in [2.45, 2.75) is 0 Å². The van der Waals surface area contributed by atoms with Crippen LogP contribution in [0.3, 0.4) is 0 Å². The van der Waals surface area contributed by atoms with E-state index in [1.54, 1.807) is 6.26 Å². The van der Waals surface area contributed by atoms with Gasteiger partial charge in [-0.1, -0.05) is 54.6 Å². The zero-order valence-corrected chi connectivity index (χ0v) is 14.8. The van der Waals surface area contributed by atoms with Gasteiger partial charge in [0, 0.05) is 34.2 Å². The van der Waals surface area contributed by atoms with Gasteiger partial charge in [0.2, 0.25) is 0 Å². The number of hydrogen-bond acceptors (Lipinski definition) is 2. The van der Waals surface area contributed by atoms with Gasteiger partial charge in [0.25, 0.3) is 0 Å². The van der Waals surface area contributed by atoms with Crippen molar-refractivity contribution in [3.8, 4) is 11.3 Å². The molecular formula is C24H16N2O. The lowest BCUT2D eigenvalue weighted by Gasteiger charge is -2.02. The van der Waals surface area contributed by atoms with Crippen molar-refractivity contribution in [2.75, 3.05) is 0 Å². The van der Waals surface area contributed by atoms with Crippen molar-refractivity contribution in [3.05, 3.63) is 79.2 Å². The topological polar surface area (TPSA) is 31.0 Å². The molecule has 0 N–H and O–H groups in total. The van der Waals surface area contributed by atoms with Crippen LogP contribution in [0.5, 0.6) is 0 Å². The predicted molar refractivity (Wildman–Crippen MR) is 111 cm³/mol. The fourth-order valence-electron chi connectivity index (χ4n) is 4.21. The Labute approximate surface area is 155 Å². The molecule has 0 aliphatic rings. The van der Waals surface area contributed by atoms with Gasteiger partial charge in [-0.25, -0.2) is 0 Å². The first-order valence-electron chi connectivity index (χ1n) is 9.04. The van der Waals surface area contributed by atoms with Gasteiger partial charge in [0.15, 0.2) is 0 Å².